The van der Waals surface area contributed by atoms with Crippen LogP contribution < -0.4 is 9.47 Å². The van der Waals surface area contributed by atoms with Gasteiger partial charge in [-0.1, -0.05) is 0 Å². The molecule has 1 heterocycles. The van der Waals surface area contributed by atoms with Gasteiger partial charge in [0.25, 0.3) is 0 Å². The van der Waals surface area contributed by atoms with Gasteiger partial charge in [-0.2, -0.15) is 4.98 Å². The van der Waals surface area contributed by atoms with Crippen molar-refractivity contribution < 1.29 is 9.47 Å². The Morgan fingerprint density at radius 2 is 2.00 bits per heavy atom. The van der Waals surface area contributed by atoms with Gasteiger partial charge in [0.15, 0.2) is 0 Å². The van der Waals surface area contributed by atoms with Gasteiger partial charge in [-0.25, -0.2) is 0 Å². The van der Waals surface area contributed by atoms with Crippen LogP contribution in [0.15, 0.2) is 6.07 Å². The zero-order chi connectivity index (χ0) is 10.1. The Labute approximate surface area is 84.1 Å². The van der Waals surface area contributed by atoms with Crippen molar-refractivity contribution in [1.82, 2.24) is 4.98 Å². The summed E-state index contributed by atoms with van der Waals surface area (Å²) < 4.78 is 10.4. The molecular weight excluding hydrogens is 178 g/mol. The zero-order valence-corrected chi connectivity index (χ0v) is 8.83. The zero-order valence-electron chi connectivity index (χ0n) is 8.83. The van der Waals surface area contributed by atoms with E-state index in [1.54, 1.807) is 14.2 Å². The molecule has 0 amide bonds. The molecule has 3 heteroatoms. The smallest absolute Gasteiger partial charge is 0.219 e. The van der Waals surface area contributed by atoms with E-state index in [9.17, 15) is 0 Å². The van der Waals surface area contributed by atoms with Crippen LogP contribution >= 0.6 is 0 Å². The van der Waals surface area contributed by atoms with Crippen molar-refractivity contribution in [1.29, 1.82) is 0 Å². The second-order valence-electron chi connectivity index (χ2n) is 3.66. The molecule has 0 bridgehead atoms. The lowest BCUT2D eigenvalue weighted by Crippen LogP contribution is -1.98. The molecule has 0 aromatic carbocycles. The molecule has 0 aliphatic heterocycles. The largest absolute Gasteiger partial charge is 0.481 e. The second-order valence-corrected chi connectivity index (χ2v) is 3.66. The molecule has 1 aromatic rings. The molecule has 76 valence electrons. The van der Waals surface area contributed by atoms with Crippen LogP contribution in [0.25, 0.3) is 0 Å². The van der Waals surface area contributed by atoms with Gasteiger partial charge in [0.05, 0.1) is 14.2 Å². The Hall–Kier alpha value is -1.25. The fourth-order valence-electron chi connectivity index (χ4n) is 1.70. The van der Waals surface area contributed by atoms with Crippen LogP contribution in [0.3, 0.4) is 0 Å². The number of pyridine rings is 1. The van der Waals surface area contributed by atoms with E-state index in [0.29, 0.717) is 17.7 Å². The summed E-state index contributed by atoms with van der Waals surface area (Å²) in [6.45, 7) is 2.05. The standard InChI is InChI=1S/C11H15NO2/c1-7-9(8-4-5-8)6-10(13-2)12-11(7)14-3/h6,8H,4-5H2,1-3H3. The van der Waals surface area contributed by atoms with Gasteiger partial charge in [-0.15, -0.1) is 0 Å². The lowest BCUT2D eigenvalue weighted by molar-refractivity contribution is 0.361. The van der Waals surface area contributed by atoms with Crippen molar-refractivity contribution in [2.24, 2.45) is 0 Å². The van der Waals surface area contributed by atoms with Crippen molar-refractivity contribution in [2.45, 2.75) is 25.7 Å². The first-order valence-corrected chi connectivity index (χ1v) is 4.85. The van der Waals surface area contributed by atoms with Crippen LogP contribution in [-0.2, 0) is 0 Å². The molecule has 1 saturated carbocycles. The highest BCUT2D eigenvalue weighted by Crippen LogP contribution is 2.44. The highest BCUT2D eigenvalue weighted by Gasteiger charge is 2.27. The molecule has 1 aliphatic carbocycles. The van der Waals surface area contributed by atoms with E-state index in [1.807, 2.05) is 6.07 Å². The maximum absolute atomic E-state index is 5.21. The molecule has 0 saturated heterocycles. The van der Waals surface area contributed by atoms with E-state index in [0.717, 1.165) is 5.56 Å². The Kier molecular flexibility index (Phi) is 2.32. The molecule has 3 nitrogen and oxygen atoms in total. The van der Waals surface area contributed by atoms with Crippen LogP contribution in [-0.4, -0.2) is 19.2 Å². The summed E-state index contributed by atoms with van der Waals surface area (Å²) in [6.07, 6.45) is 2.55. The third-order valence-corrected chi connectivity index (χ3v) is 2.66. The van der Waals surface area contributed by atoms with E-state index in [4.69, 9.17) is 9.47 Å². The minimum atomic E-state index is 0.648. The van der Waals surface area contributed by atoms with E-state index < -0.39 is 0 Å². The summed E-state index contributed by atoms with van der Waals surface area (Å²) >= 11 is 0. The van der Waals surface area contributed by atoms with Gasteiger partial charge in [0, 0.05) is 11.6 Å². The highest BCUT2D eigenvalue weighted by molar-refractivity contribution is 5.41. The summed E-state index contributed by atoms with van der Waals surface area (Å²) in [5.41, 5.74) is 2.48. The summed E-state index contributed by atoms with van der Waals surface area (Å²) in [7, 11) is 3.28. The molecule has 1 fully saturated rings. The third-order valence-electron chi connectivity index (χ3n) is 2.66. The minimum absolute atomic E-state index is 0.648. The fraction of sp³-hybridized carbons (Fsp3) is 0.545. The first kappa shape index (κ1) is 9.31. The van der Waals surface area contributed by atoms with Crippen LogP contribution in [0.1, 0.15) is 29.9 Å². The molecule has 1 aromatic heterocycles. The van der Waals surface area contributed by atoms with Gasteiger partial charge >= 0.3 is 0 Å². The summed E-state index contributed by atoms with van der Waals surface area (Å²) in [5, 5.41) is 0. The van der Waals surface area contributed by atoms with E-state index in [-0.39, 0.29) is 0 Å². The van der Waals surface area contributed by atoms with E-state index in [1.165, 1.54) is 18.4 Å². The summed E-state index contributed by atoms with van der Waals surface area (Å²) in [6, 6.07) is 2.02. The van der Waals surface area contributed by atoms with Crippen LogP contribution in [0.5, 0.6) is 11.8 Å². The lowest BCUT2D eigenvalue weighted by atomic mass is 10.1. The third kappa shape index (κ3) is 1.54. The Morgan fingerprint density at radius 1 is 1.29 bits per heavy atom. The quantitative estimate of drug-likeness (QED) is 0.738. The maximum atomic E-state index is 5.21. The summed E-state index contributed by atoms with van der Waals surface area (Å²) in [5.74, 6) is 2.03. The Balaban J connectivity index is 2.45. The van der Waals surface area contributed by atoms with Crippen molar-refractivity contribution in [3.05, 3.63) is 17.2 Å². The highest BCUT2D eigenvalue weighted by atomic mass is 16.5. The first-order chi connectivity index (χ1) is 6.76. The SMILES string of the molecule is COc1cc(C2CC2)c(C)c(OC)n1. The van der Waals surface area contributed by atoms with Gasteiger partial charge in [0.2, 0.25) is 11.8 Å². The van der Waals surface area contributed by atoms with Crippen molar-refractivity contribution in [3.63, 3.8) is 0 Å². The molecular formula is C11H15NO2. The maximum Gasteiger partial charge on any atom is 0.219 e. The monoisotopic (exact) mass is 193 g/mol. The molecule has 0 atom stereocenters. The van der Waals surface area contributed by atoms with Gasteiger partial charge in [-0.05, 0) is 31.2 Å². The number of rotatable bonds is 3. The van der Waals surface area contributed by atoms with Gasteiger partial charge in [0.1, 0.15) is 0 Å². The molecule has 0 spiro atoms. The molecule has 0 radical (unpaired) electrons. The van der Waals surface area contributed by atoms with Crippen molar-refractivity contribution >= 4 is 0 Å². The van der Waals surface area contributed by atoms with E-state index in [2.05, 4.69) is 11.9 Å². The van der Waals surface area contributed by atoms with Gasteiger partial charge in [-0.3, -0.25) is 0 Å². The van der Waals surface area contributed by atoms with Crippen LogP contribution in [0.2, 0.25) is 0 Å². The van der Waals surface area contributed by atoms with E-state index >= 15 is 0 Å². The minimum Gasteiger partial charge on any atom is -0.481 e. The predicted molar refractivity (Wildman–Crippen MR) is 54.1 cm³/mol. The number of ether oxygens (including phenoxy) is 2. The molecule has 0 N–H and O–H groups in total. The Morgan fingerprint density at radius 3 is 2.50 bits per heavy atom. The number of aromatic nitrogens is 1. The van der Waals surface area contributed by atoms with Crippen molar-refractivity contribution in [3.8, 4) is 11.8 Å². The topological polar surface area (TPSA) is 31.4 Å². The number of nitrogens with zero attached hydrogens (tertiary/aromatic N) is 1. The lowest BCUT2D eigenvalue weighted by Gasteiger charge is -2.10. The molecule has 0 unspecified atom stereocenters. The second kappa shape index (κ2) is 3.48. The van der Waals surface area contributed by atoms with Gasteiger partial charge < -0.3 is 9.47 Å². The normalized spacial score (nSPS) is 15.4. The molecule has 1 aliphatic rings. The first-order valence-electron chi connectivity index (χ1n) is 4.85. The number of hydrogen-bond donors (Lipinski definition) is 0. The fourth-order valence-corrected chi connectivity index (χ4v) is 1.70. The van der Waals surface area contributed by atoms with Crippen molar-refractivity contribution in [2.75, 3.05) is 14.2 Å². The summed E-state index contributed by atoms with van der Waals surface area (Å²) in [4.78, 5) is 4.24. The number of hydrogen-bond acceptors (Lipinski definition) is 3. The van der Waals surface area contributed by atoms with Crippen LogP contribution in [0, 0.1) is 6.92 Å². The van der Waals surface area contributed by atoms with Crippen LogP contribution in [0.4, 0.5) is 0 Å². The Bertz CT molecular complexity index is 345. The number of methoxy groups -OCH3 is 2. The average molecular weight is 193 g/mol. The average Bonchev–Trinajstić information content (AvgIpc) is 3.02. The molecule has 14 heavy (non-hydrogen) atoms. The molecule has 2 rings (SSSR count). The predicted octanol–water partition coefficient (Wildman–Crippen LogP) is 2.28.